The Morgan fingerprint density at radius 1 is 1.54 bits per heavy atom. The summed E-state index contributed by atoms with van der Waals surface area (Å²) in [6.07, 6.45) is 1.61. The zero-order valence-electron chi connectivity index (χ0n) is 7.23. The molecule has 0 aromatic heterocycles. The number of ether oxygens (including phenoxy) is 1. The van der Waals surface area contributed by atoms with Gasteiger partial charge >= 0.3 is 0 Å². The molecule has 0 radical (unpaired) electrons. The molecule has 76 valence electrons. The summed E-state index contributed by atoms with van der Waals surface area (Å²) >= 11 is 0. The van der Waals surface area contributed by atoms with Crippen LogP contribution in [0.15, 0.2) is 0 Å². The van der Waals surface area contributed by atoms with Crippen LogP contribution in [0.1, 0.15) is 13.3 Å². The molecule has 2 N–H and O–H groups in total. The van der Waals surface area contributed by atoms with Gasteiger partial charge in [0, 0.05) is 0 Å². The van der Waals surface area contributed by atoms with Crippen LogP contribution in [0.4, 0.5) is 0 Å². The lowest BCUT2D eigenvalue weighted by atomic mass is 10.4. The molecule has 1 atom stereocenters. The third kappa shape index (κ3) is 11.2. The van der Waals surface area contributed by atoms with Gasteiger partial charge in [0.05, 0.1) is 5.75 Å². The maximum atomic E-state index is 10.2. The molecule has 0 aromatic carbocycles. The fourth-order valence-corrected chi connectivity index (χ4v) is 0.974. The molecule has 0 aliphatic carbocycles. The molecule has 0 heterocycles. The van der Waals surface area contributed by atoms with Crippen molar-refractivity contribution in [3.63, 3.8) is 0 Å². The van der Waals surface area contributed by atoms with Crippen molar-refractivity contribution in [1.29, 1.82) is 0 Å². The minimum absolute atomic E-state index is 0.111. The molecule has 0 aliphatic heterocycles. The van der Waals surface area contributed by atoms with E-state index in [9.17, 15) is 8.42 Å². The second-order valence-electron chi connectivity index (χ2n) is 2.41. The summed E-state index contributed by atoms with van der Waals surface area (Å²) in [4.78, 5) is 0. The van der Waals surface area contributed by atoms with Gasteiger partial charge in [-0.3, -0.25) is 4.55 Å². The van der Waals surface area contributed by atoms with Crippen LogP contribution < -0.4 is 0 Å². The largest absolute Gasteiger partial charge is 0.447 e. The molecule has 0 unspecified atom stereocenters. The first kappa shape index (κ1) is 12.2. The SMILES string of the molecule is C[C@H](O)C#COCCCS(=O)(=O)O. The van der Waals surface area contributed by atoms with Crippen molar-refractivity contribution >= 4 is 10.1 Å². The number of hydrogen-bond acceptors (Lipinski definition) is 4. The molecule has 0 rings (SSSR count). The van der Waals surface area contributed by atoms with Crippen molar-refractivity contribution in [1.82, 2.24) is 0 Å². The Bertz CT molecular complexity index is 282. The number of aliphatic hydroxyl groups is 1. The molecule has 0 amide bonds. The monoisotopic (exact) mass is 208 g/mol. The topological polar surface area (TPSA) is 83.8 Å². The van der Waals surface area contributed by atoms with Crippen molar-refractivity contribution in [3.05, 3.63) is 0 Å². The predicted octanol–water partition coefficient (Wildman–Crippen LogP) is -0.377. The summed E-state index contributed by atoms with van der Waals surface area (Å²) in [7, 11) is -3.91. The molecule has 0 aromatic rings. The molecule has 0 spiro atoms. The van der Waals surface area contributed by atoms with Gasteiger partial charge in [-0.05, 0) is 19.3 Å². The molecular formula is C7H12O5S. The van der Waals surface area contributed by atoms with Crippen molar-refractivity contribution in [2.75, 3.05) is 12.4 Å². The zero-order valence-corrected chi connectivity index (χ0v) is 8.04. The first-order chi connectivity index (χ1) is 5.92. The van der Waals surface area contributed by atoms with E-state index in [1.165, 1.54) is 6.92 Å². The van der Waals surface area contributed by atoms with E-state index in [1.807, 2.05) is 0 Å². The lowest BCUT2D eigenvalue weighted by molar-refractivity contribution is 0.244. The van der Waals surface area contributed by atoms with Gasteiger partial charge in [-0.1, -0.05) is 0 Å². The fraction of sp³-hybridized carbons (Fsp3) is 0.714. The molecule has 6 heteroatoms. The van der Waals surface area contributed by atoms with Crippen LogP contribution >= 0.6 is 0 Å². The van der Waals surface area contributed by atoms with Crippen LogP contribution in [0.2, 0.25) is 0 Å². The van der Waals surface area contributed by atoms with Crippen LogP contribution in [0.3, 0.4) is 0 Å². The van der Waals surface area contributed by atoms with Crippen LogP contribution in [0.25, 0.3) is 0 Å². The normalized spacial score (nSPS) is 12.8. The van der Waals surface area contributed by atoms with Gasteiger partial charge in [-0.15, -0.1) is 0 Å². The van der Waals surface area contributed by atoms with Gasteiger partial charge in [-0.25, -0.2) is 0 Å². The lowest BCUT2D eigenvalue weighted by Gasteiger charge is -1.96. The highest BCUT2D eigenvalue weighted by atomic mass is 32.2. The van der Waals surface area contributed by atoms with Crippen LogP contribution in [-0.4, -0.2) is 36.5 Å². The van der Waals surface area contributed by atoms with Crippen LogP contribution in [0.5, 0.6) is 0 Å². The minimum atomic E-state index is -3.91. The highest BCUT2D eigenvalue weighted by Gasteiger charge is 2.02. The van der Waals surface area contributed by atoms with E-state index < -0.39 is 16.2 Å². The van der Waals surface area contributed by atoms with E-state index in [4.69, 9.17) is 9.66 Å². The average Bonchev–Trinajstić information content (AvgIpc) is 1.93. The van der Waals surface area contributed by atoms with E-state index >= 15 is 0 Å². The van der Waals surface area contributed by atoms with Crippen molar-refractivity contribution < 1.29 is 22.8 Å². The highest BCUT2D eigenvalue weighted by Crippen LogP contribution is 1.88. The minimum Gasteiger partial charge on any atom is -0.447 e. The van der Waals surface area contributed by atoms with Gasteiger partial charge in [0.25, 0.3) is 10.1 Å². The van der Waals surface area contributed by atoms with E-state index in [-0.39, 0.29) is 18.8 Å². The molecule has 0 saturated carbocycles. The summed E-state index contributed by atoms with van der Waals surface area (Å²) in [6.45, 7) is 1.59. The van der Waals surface area contributed by atoms with Gasteiger partial charge in [0.2, 0.25) is 0 Å². The van der Waals surface area contributed by atoms with E-state index in [0.717, 1.165) is 0 Å². The molecular weight excluding hydrogens is 196 g/mol. The maximum Gasteiger partial charge on any atom is 0.264 e. The maximum absolute atomic E-state index is 10.2. The summed E-state index contributed by atoms with van der Waals surface area (Å²) in [5, 5.41) is 8.65. The van der Waals surface area contributed by atoms with Gasteiger partial charge in [0.1, 0.15) is 18.8 Å². The van der Waals surface area contributed by atoms with Crippen molar-refractivity contribution in [2.45, 2.75) is 19.4 Å². The Hall–Kier alpha value is -0.770. The lowest BCUT2D eigenvalue weighted by Crippen LogP contribution is -2.06. The van der Waals surface area contributed by atoms with E-state index in [1.54, 1.807) is 0 Å². The quantitative estimate of drug-likeness (QED) is 0.374. The first-order valence-electron chi connectivity index (χ1n) is 3.67. The summed E-state index contributed by atoms with van der Waals surface area (Å²) in [5.41, 5.74) is 0. The average molecular weight is 208 g/mol. The third-order valence-corrected chi connectivity index (χ3v) is 1.79. The van der Waals surface area contributed by atoms with Gasteiger partial charge in [-0.2, -0.15) is 8.42 Å². The molecule has 0 aliphatic rings. The number of aliphatic hydroxyl groups excluding tert-OH is 1. The predicted molar refractivity (Wildman–Crippen MR) is 46.4 cm³/mol. The molecule has 5 nitrogen and oxygen atoms in total. The Balaban J connectivity index is 3.45. The van der Waals surface area contributed by atoms with Crippen molar-refractivity contribution in [2.24, 2.45) is 0 Å². The van der Waals surface area contributed by atoms with Gasteiger partial charge < -0.3 is 9.84 Å². The Morgan fingerprint density at radius 3 is 2.62 bits per heavy atom. The van der Waals surface area contributed by atoms with Crippen LogP contribution in [0, 0.1) is 12.0 Å². The molecule has 0 fully saturated rings. The van der Waals surface area contributed by atoms with E-state index in [2.05, 4.69) is 16.8 Å². The Kier molecular flexibility index (Phi) is 5.46. The van der Waals surface area contributed by atoms with Crippen molar-refractivity contribution in [3.8, 4) is 12.0 Å². The fourth-order valence-electron chi connectivity index (χ4n) is 0.491. The summed E-state index contributed by atoms with van der Waals surface area (Å²) < 4.78 is 33.3. The van der Waals surface area contributed by atoms with Gasteiger partial charge in [0.15, 0.2) is 0 Å². The Labute approximate surface area is 77.5 Å². The first-order valence-corrected chi connectivity index (χ1v) is 5.28. The summed E-state index contributed by atoms with van der Waals surface area (Å²) in [6, 6.07) is 0. The Morgan fingerprint density at radius 2 is 2.15 bits per heavy atom. The second-order valence-corrected chi connectivity index (χ2v) is 3.98. The third-order valence-electron chi connectivity index (χ3n) is 0.989. The van der Waals surface area contributed by atoms with Crippen LogP contribution in [-0.2, 0) is 14.9 Å². The zero-order chi connectivity index (χ0) is 10.3. The molecule has 0 bridgehead atoms. The van der Waals surface area contributed by atoms with E-state index in [0.29, 0.717) is 0 Å². The molecule has 0 saturated heterocycles. The smallest absolute Gasteiger partial charge is 0.264 e. The molecule has 13 heavy (non-hydrogen) atoms. The second kappa shape index (κ2) is 5.80. The number of rotatable bonds is 4. The standard InChI is InChI=1S/C7H12O5S/c1-7(8)3-5-12-4-2-6-13(9,10)11/h7-8H,2,4,6H2,1H3,(H,9,10,11)/t7-/m0/s1. The summed E-state index contributed by atoms with van der Waals surface area (Å²) in [5.74, 6) is 1.97. The highest BCUT2D eigenvalue weighted by molar-refractivity contribution is 7.85. The number of hydrogen-bond donors (Lipinski definition) is 2.